The van der Waals surface area contributed by atoms with Crippen molar-refractivity contribution < 1.29 is 4.74 Å². The molecule has 12 heavy (non-hydrogen) atoms. The van der Waals surface area contributed by atoms with E-state index in [0.29, 0.717) is 0 Å². The van der Waals surface area contributed by atoms with E-state index in [9.17, 15) is 0 Å². The van der Waals surface area contributed by atoms with Crippen LogP contribution in [0.4, 0.5) is 0 Å². The number of hydrogen-bond acceptors (Lipinski definition) is 2. The first-order valence-corrected chi connectivity index (χ1v) is 3.69. The first-order chi connectivity index (χ1) is 5.47. The minimum atomic E-state index is 0. The maximum atomic E-state index is 5.29. The van der Waals surface area contributed by atoms with Crippen LogP contribution in [-0.4, -0.2) is 37.9 Å². The maximum absolute atomic E-state index is 5.29. The summed E-state index contributed by atoms with van der Waals surface area (Å²) < 4.78 is 5.29. The van der Waals surface area contributed by atoms with Gasteiger partial charge in [0.15, 0.2) is 0 Å². The summed E-state index contributed by atoms with van der Waals surface area (Å²) in [6.07, 6.45) is 0. The van der Waals surface area contributed by atoms with Gasteiger partial charge in [0, 0.05) is 5.56 Å². The van der Waals surface area contributed by atoms with Crippen LogP contribution in [0.1, 0.15) is 5.56 Å². The monoisotopic (exact) mass is 155 g/mol. The number of benzene rings is 1. The molecule has 1 aromatic carbocycles. The van der Waals surface area contributed by atoms with Crippen molar-refractivity contribution in [3.63, 3.8) is 0 Å². The second-order valence-electron chi connectivity index (χ2n) is 2.40. The third-order valence-electron chi connectivity index (χ3n) is 1.61. The summed E-state index contributed by atoms with van der Waals surface area (Å²) in [6, 6.07) is 9.96. The fourth-order valence-corrected chi connectivity index (χ4v) is 1.09. The van der Waals surface area contributed by atoms with E-state index < -0.39 is 0 Å². The Hall–Kier alpha value is -0.713. The fourth-order valence-electron chi connectivity index (χ4n) is 1.09. The van der Waals surface area contributed by atoms with E-state index in [1.807, 2.05) is 30.3 Å². The van der Waals surface area contributed by atoms with Crippen molar-refractivity contribution >= 4 is 24.8 Å². The Morgan fingerprint density at radius 1 is 1.17 bits per heavy atom. The van der Waals surface area contributed by atoms with Crippen LogP contribution in [0.5, 0.6) is 0 Å². The number of hydrogen-bond donors (Lipinski definition) is 0. The van der Waals surface area contributed by atoms with Crippen LogP contribution in [0.25, 0.3) is 0 Å². The van der Waals surface area contributed by atoms with Crippen molar-refractivity contribution in [2.24, 2.45) is 4.99 Å². The van der Waals surface area contributed by atoms with E-state index in [-0.39, 0.29) is 18.9 Å². The van der Waals surface area contributed by atoms with Gasteiger partial charge in [-0.3, -0.25) is 0 Å². The summed E-state index contributed by atoms with van der Waals surface area (Å²) in [6.45, 7) is 1.52. The largest absolute Gasteiger partial charge is 0.476 e. The van der Waals surface area contributed by atoms with Crippen LogP contribution in [-0.2, 0) is 4.74 Å². The van der Waals surface area contributed by atoms with Gasteiger partial charge in [0.1, 0.15) is 6.61 Å². The van der Waals surface area contributed by atoms with Crippen LogP contribution < -0.4 is 0 Å². The molecule has 0 unspecified atom stereocenters. The molecule has 0 spiro atoms. The van der Waals surface area contributed by atoms with Gasteiger partial charge in [0.05, 0.1) is 6.54 Å². The molecule has 1 aliphatic heterocycles. The van der Waals surface area contributed by atoms with Crippen LogP contribution in [0.3, 0.4) is 0 Å². The molecule has 2 rings (SSSR count). The smallest absolute Gasteiger partial charge is 0.216 e. The van der Waals surface area contributed by atoms with Crippen LogP contribution in [0, 0.1) is 0 Å². The summed E-state index contributed by atoms with van der Waals surface area (Å²) in [4.78, 5) is 4.20. The summed E-state index contributed by atoms with van der Waals surface area (Å²) in [7, 11) is 0. The van der Waals surface area contributed by atoms with E-state index in [1.54, 1.807) is 0 Å². The van der Waals surface area contributed by atoms with E-state index in [2.05, 4.69) is 4.99 Å². The quantitative estimate of drug-likeness (QED) is 0.550. The molecule has 0 atom stereocenters. The third kappa shape index (κ3) is 1.91. The zero-order chi connectivity index (χ0) is 7.52. The predicted molar refractivity (Wildman–Crippen MR) is 50.9 cm³/mol. The van der Waals surface area contributed by atoms with Crippen molar-refractivity contribution in [2.45, 2.75) is 0 Å². The van der Waals surface area contributed by atoms with Crippen molar-refractivity contribution in [1.82, 2.24) is 0 Å². The molecule has 0 radical (unpaired) electrons. The van der Waals surface area contributed by atoms with Crippen LogP contribution >= 0.6 is 0 Å². The molecule has 0 aromatic heterocycles. The standard InChI is InChI=1S/C9H9NO.Li.H/c1-2-4-8(5-3-1)9-10-6-7-11-9;;/h1-5H,6-7H2;;. The zero-order valence-electron chi connectivity index (χ0n) is 6.16. The second kappa shape index (κ2) is 4.35. The van der Waals surface area contributed by atoms with Crippen molar-refractivity contribution in [1.29, 1.82) is 0 Å². The molecule has 2 nitrogen and oxygen atoms in total. The van der Waals surface area contributed by atoms with Crippen molar-refractivity contribution in [2.75, 3.05) is 13.2 Å². The van der Waals surface area contributed by atoms with Gasteiger partial charge in [-0.15, -0.1) is 0 Å². The Morgan fingerprint density at radius 2 is 1.92 bits per heavy atom. The number of ether oxygens (including phenoxy) is 1. The van der Waals surface area contributed by atoms with Crippen LogP contribution in [0.15, 0.2) is 35.3 Å². The van der Waals surface area contributed by atoms with E-state index in [1.165, 1.54) is 0 Å². The zero-order valence-corrected chi connectivity index (χ0v) is 6.16. The van der Waals surface area contributed by atoms with Gasteiger partial charge in [-0.1, -0.05) is 18.2 Å². The molecule has 58 valence electrons. The molecule has 0 fully saturated rings. The normalized spacial score (nSPS) is 14.5. The summed E-state index contributed by atoms with van der Waals surface area (Å²) in [5.41, 5.74) is 1.07. The van der Waals surface area contributed by atoms with Crippen molar-refractivity contribution in [3.8, 4) is 0 Å². The molecule has 0 aliphatic carbocycles. The number of rotatable bonds is 1. The van der Waals surface area contributed by atoms with Gasteiger partial charge >= 0.3 is 18.9 Å². The topological polar surface area (TPSA) is 21.6 Å². The number of aliphatic imine (C=N–C) groups is 1. The minimum Gasteiger partial charge on any atom is -0.476 e. The van der Waals surface area contributed by atoms with Gasteiger partial charge in [-0.05, 0) is 12.1 Å². The summed E-state index contributed by atoms with van der Waals surface area (Å²) >= 11 is 0. The van der Waals surface area contributed by atoms with Crippen LogP contribution in [0.2, 0.25) is 0 Å². The minimum absolute atomic E-state index is 0. The third-order valence-corrected chi connectivity index (χ3v) is 1.61. The van der Waals surface area contributed by atoms with Crippen molar-refractivity contribution in [3.05, 3.63) is 35.9 Å². The molecule has 1 heterocycles. The molecule has 0 amide bonds. The molecule has 1 aromatic rings. The second-order valence-corrected chi connectivity index (χ2v) is 2.40. The summed E-state index contributed by atoms with van der Waals surface area (Å²) in [5.74, 6) is 0.783. The Kier molecular flexibility index (Phi) is 3.40. The molecule has 0 saturated carbocycles. The Bertz CT molecular complexity index is 271. The number of nitrogens with zero attached hydrogens (tertiary/aromatic N) is 1. The Labute approximate surface area is 83.8 Å². The molecule has 1 aliphatic rings. The Balaban J connectivity index is 0.000000720. The fraction of sp³-hybridized carbons (Fsp3) is 0.222. The maximum Gasteiger partial charge on any atom is 0.216 e. The van der Waals surface area contributed by atoms with E-state index >= 15 is 0 Å². The molecule has 0 saturated heterocycles. The molecule has 0 bridgehead atoms. The van der Waals surface area contributed by atoms with Gasteiger partial charge in [0.2, 0.25) is 5.90 Å². The molecular weight excluding hydrogens is 145 g/mol. The average Bonchev–Trinajstić information content (AvgIpc) is 2.58. The Morgan fingerprint density at radius 3 is 2.50 bits per heavy atom. The van der Waals surface area contributed by atoms with E-state index in [4.69, 9.17) is 4.74 Å². The van der Waals surface area contributed by atoms with Gasteiger partial charge in [-0.25, -0.2) is 4.99 Å². The first kappa shape index (κ1) is 9.38. The van der Waals surface area contributed by atoms with Gasteiger partial charge in [-0.2, -0.15) is 0 Å². The first-order valence-electron chi connectivity index (χ1n) is 3.69. The van der Waals surface area contributed by atoms with Gasteiger partial charge in [0.25, 0.3) is 0 Å². The molecule has 3 heteroatoms. The SMILES string of the molecule is [LiH].c1ccc(C2=NCCO2)cc1. The van der Waals surface area contributed by atoms with Gasteiger partial charge < -0.3 is 4.74 Å². The average molecular weight is 155 g/mol. The molecule has 0 N–H and O–H groups in total. The summed E-state index contributed by atoms with van der Waals surface area (Å²) in [5, 5.41) is 0. The van der Waals surface area contributed by atoms with E-state index in [0.717, 1.165) is 24.6 Å². The molecular formula is C9H10LiNO. The predicted octanol–water partition coefficient (Wildman–Crippen LogP) is 0.815.